The Bertz CT molecular complexity index is 599. The third-order valence-corrected chi connectivity index (χ3v) is 3.72. The zero-order valence-corrected chi connectivity index (χ0v) is 13.1. The summed E-state index contributed by atoms with van der Waals surface area (Å²) in [5, 5.41) is 14.0. The summed E-state index contributed by atoms with van der Waals surface area (Å²) in [6.45, 7) is 5.40. The van der Waals surface area contributed by atoms with Crippen LogP contribution in [0.5, 0.6) is 0 Å². The molecule has 0 aliphatic heterocycles. The van der Waals surface area contributed by atoms with Crippen molar-refractivity contribution in [2.75, 3.05) is 31.3 Å². The number of para-hydroxylation sites is 1. The second-order valence-corrected chi connectivity index (χ2v) is 7.06. The van der Waals surface area contributed by atoms with Crippen LogP contribution in [0.25, 0.3) is 0 Å². The summed E-state index contributed by atoms with van der Waals surface area (Å²) >= 11 is 0. The first-order chi connectivity index (χ1) is 9.73. The number of ether oxygens (including phenoxy) is 1. The maximum absolute atomic E-state index is 11.6. The molecule has 0 bridgehead atoms. The van der Waals surface area contributed by atoms with Crippen molar-refractivity contribution in [3.05, 3.63) is 28.3 Å². The molecule has 0 aliphatic carbocycles. The number of nitro groups is 1. The third kappa shape index (κ3) is 5.31. The van der Waals surface area contributed by atoms with Gasteiger partial charge in [0.1, 0.15) is 10.6 Å². The van der Waals surface area contributed by atoms with E-state index in [0.29, 0.717) is 25.7 Å². The number of nitrogens with one attached hydrogen (secondary N) is 1. The van der Waals surface area contributed by atoms with Crippen molar-refractivity contribution in [1.82, 2.24) is 0 Å². The van der Waals surface area contributed by atoms with Gasteiger partial charge in [0, 0.05) is 19.4 Å². The number of benzene rings is 1. The highest BCUT2D eigenvalue weighted by molar-refractivity contribution is 7.90. The summed E-state index contributed by atoms with van der Waals surface area (Å²) in [6, 6.07) is 4.18. The molecular formula is C13H20N2O5S. The van der Waals surface area contributed by atoms with Crippen LogP contribution in [0.15, 0.2) is 23.1 Å². The van der Waals surface area contributed by atoms with Crippen LogP contribution in [0.2, 0.25) is 0 Å². The van der Waals surface area contributed by atoms with Gasteiger partial charge in [0.15, 0.2) is 9.84 Å². The van der Waals surface area contributed by atoms with Crippen LogP contribution in [0.1, 0.15) is 13.8 Å². The first-order valence-corrected chi connectivity index (χ1v) is 8.41. The molecule has 7 nitrogen and oxygen atoms in total. The lowest BCUT2D eigenvalue weighted by Crippen LogP contribution is -2.14. The van der Waals surface area contributed by atoms with E-state index in [0.717, 1.165) is 6.26 Å². The summed E-state index contributed by atoms with van der Waals surface area (Å²) in [7, 11) is -3.66. The molecule has 1 aromatic carbocycles. The maximum atomic E-state index is 11.6. The van der Waals surface area contributed by atoms with Crippen LogP contribution in [0.4, 0.5) is 11.4 Å². The molecule has 0 amide bonds. The highest BCUT2D eigenvalue weighted by atomic mass is 32.2. The fraction of sp³-hybridized carbons (Fsp3) is 0.538. The molecular weight excluding hydrogens is 296 g/mol. The van der Waals surface area contributed by atoms with E-state index in [1.54, 1.807) is 0 Å². The summed E-state index contributed by atoms with van der Waals surface area (Å²) in [6.07, 6.45) is 0.949. The number of sulfone groups is 1. The van der Waals surface area contributed by atoms with E-state index in [2.05, 4.69) is 5.32 Å². The van der Waals surface area contributed by atoms with Crippen molar-refractivity contribution in [3.63, 3.8) is 0 Å². The van der Waals surface area contributed by atoms with Crippen LogP contribution < -0.4 is 5.32 Å². The second-order valence-electron chi connectivity index (χ2n) is 5.08. The molecule has 0 saturated heterocycles. The average Bonchev–Trinajstić information content (AvgIpc) is 2.36. The molecule has 0 radical (unpaired) electrons. The van der Waals surface area contributed by atoms with Crippen molar-refractivity contribution in [2.45, 2.75) is 18.7 Å². The zero-order chi connectivity index (χ0) is 16.0. The molecule has 0 atom stereocenters. The van der Waals surface area contributed by atoms with Gasteiger partial charge in [0.05, 0.1) is 11.5 Å². The van der Waals surface area contributed by atoms with Gasteiger partial charge >= 0.3 is 5.69 Å². The summed E-state index contributed by atoms with van der Waals surface area (Å²) in [4.78, 5) is 10.2. The molecule has 0 saturated carbocycles. The van der Waals surface area contributed by atoms with E-state index in [1.165, 1.54) is 18.2 Å². The maximum Gasteiger partial charge on any atom is 0.310 e. The van der Waals surface area contributed by atoms with Crippen molar-refractivity contribution in [1.29, 1.82) is 0 Å². The minimum atomic E-state index is -3.66. The number of hydrogen-bond acceptors (Lipinski definition) is 6. The monoisotopic (exact) mass is 316 g/mol. The van der Waals surface area contributed by atoms with Gasteiger partial charge in [-0.2, -0.15) is 0 Å². The van der Waals surface area contributed by atoms with E-state index < -0.39 is 20.4 Å². The second kappa shape index (κ2) is 7.37. The van der Waals surface area contributed by atoms with Gasteiger partial charge in [-0.05, 0) is 18.1 Å². The average molecular weight is 316 g/mol. The van der Waals surface area contributed by atoms with E-state index in [4.69, 9.17) is 4.74 Å². The molecule has 0 heterocycles. The molecule has 0 aromatic heterocycles. The summed E-state index contributed by atoms with van der Waals surface area (Å²) < 4.78 is 28.6. The first kappa shape index (κ1) is 17.4. The largest absolute Gasteiger partial charge is 0.379 e. The Labute approximate surface area is 124 Å². The van der Waals surface area contributed by atoms with Gasteiger partial charge in [0.25, 0.3) is 0 Å². The van der Waals surface area contributed by atoms with E-state index in [1.807, 2.05) is 13.8 Å². The standard InChI is InChI=1S/C13H20N2O5S/c1-10(2)9-20-8-7-14-11-5-4-6-12(21(3,18)19)13(11)15(16)17/h4-6,10,14H,7-9H2,1-3H3. The number of nitro benzene ring substituents is 1. The lowest BCUT2D eigenvalue weighted by atomic mass is 10.2. The van der Waals surface area contributed by atoms with Gasteiger partial charge in [-0.25, -0.2) is 8.42 Å². The molecule has 21 heavy (non-hydrogen) atoms. The van der Waals surface area contributed by atoms with Gasteiger partial charge in [-0.3, -0.25) is 10.1 Å². The Morgan fingerprint density at radius 2 is 2.05 bits per heavy atom. The van der Waals surface area contributed by atoms with Crippen LogP contribution in [0.3, 0.4) is 0 Å². The highest BCUT2D eigenvalue weighted by Crippen LogP contribution is 2.31. The Balaban J connectivity index is 2.86. The quantitative estimate of drug-likeness (QED) is 0.448. The number of hydrogen-bond donors (Lipinski definition) is 1. The normalized spacial score (nSPS) is 11.6. The van der Waals surface area contributed by atoms with Gasteiger partial charge < -0.3 is 10.1 Å². The molecule has 1 rings (SSSR count). The Morgan fingerprint density at radius 3 is 2.57 bits per heavy atom. The first-order valence-electron chi connectivity index (χ1n) is 6.52. The minimum absolute atomic E-state index is 0.177. The summed E-state index contributed by atoms with van der Waals surface area (Å²) in [5.41, 5.74) is -0.250. The van der Waals surface area contributed by atoms with Crippen molar-refractivity contribution >= 4 is 21.2 Å². The SMILES string of the molecule is CC(C)COCCNc1cccc(S(C)(=O)=O)c1[N+](=O)[O-]. The number of anilines is 1. The zero-order valence-electron chi connectivity index (χ0n) is 12.3. The predicted octanol–water partition coefficient (Wildman–Crippen LogP) is 2.08. The van der Waals surface area contributed by atoms with Crippen LogP contribution in [-0.4, -0.2) is 39.4 Å². The molecule has 0 unspecified atom stereocenters. The third-order valence-electron chi connectivity index (χ3n) is 2.59. The molecule has 118 valence electrons. The fourth-order valence-corrected chi connectivity index (χ4v) is 2.59. The lowest BCUT2D eigenvalue weighted by molar-refractivity contribution is -0.386. The Morgan fingerprint density at radius 1 is 1.38 bits per heavy atom. The molecule has 1 aromatic rings. The van der Waals surface area contributed by atoms with Gasteiger partial charge in [-0.1, -0.05) is 19.9 Å². The van der Waals surface area contributed by atoms with Gasteiger partial charge in [0.2, 0.25) is 0 Å². The summed E-state index contributed by atoms with van der Waals surface area (Å²) in [5.74, 6) is 0.410. The fourth-order valence-electron chi connectivity index (χ4n) is 1.73. The number of rotatable bonds is 8. The van der Waals surface area contributed by atoms with Crippen molar-refractivity contribution < 1.29 is 18.1 Å². The molecule has 1 N–H and O–H groups in total. The van der Waals surface area contributed by atoms with Crippen molar-refractivity contribution in [3.8, 4) is 0 Å². The van der Waals surface area contributed by atoms with Crippen LogP contribution in [-0.2, 0) is 14.6 Å². The molecule has 0 spiro atoms. The van der Waals surface area contributed by atoms with Crippen molar-refractivity contribution in [2.24, 2.45) is 5.92 Å². The van der Waals surface area contributed by atoms with E-state index >= 15 is 0 Å². The lowest BCUT2D eigenvalue weighted by Gasteiger charge is -2.10. The molecule has 8 heteroatoms. The highest BCUT2D eigenvalue weighted by Gasteiger charge is 2.25. The topological polar surface area (TPSA) is 98.5 Å². The van der Waals surface area contributed by atoms with E-state index in [9.17, 15) is 18.5 Å². The Hall–Kier alpha value is -1.67. The smallest absolute Gasteiger partial charge is 0.310 e. The van der Waals surface area contributed by atoms with Crippen LogP contribution >= 0.6 is 0 Å². The molecule has 0 fully saturated rings. The Kier molecular flexibility index (Phi) is 6.10. The van der Waals surface area contributed by atoms with E-state index in [-0.39, 0.29) is 10.6 Å². The van der Waals surface area contributed by atoms with Crippen LogP contribution in [0, 0.1) is 16.0 Å². The molecule has 0 aliphatic rings. The van der Waals surface area contributed by atoms with Gasteiger partial charge in [-0.15, -0.1) is 0 Å². The number of nitrogens with zero attached hydrogens (tertiary/aromatic N) is 1. The minimum Gasteiger partial charge on any atom is -0.379 e. The predicted molar refractivity (Wildman–Crippen MR) is 80.4 cm³/mol.